The van der Waals surface area contributed by atoms with Crippen molar-refractivity contribution in [3.05, 3.63) is 34.9 Å². The van der Waals surface area contributed by atoms with Gasteiger partial charge in [0, 0.05) is 56.2 Å². The van der Waals surface area contributed by atoms with Crippen LogP contribution in [0.3, 0.4) is 0 Å². The second-order valence-corrected chi connectivity index (χ2v) is 11.2. The molecular formula is C28H38BrN7O2. The molecule has 3 aromatic rings. The molecular weight excluding hydrogens is 546 g/mol. The van der Waals surface area contributed by atoms with Crippen LogP contribution in [-0.2, 0) is 9.53 Å². The molecule has 0 saturated carbocycles. The number of carbonyl (C=O) groups is 1. The number of nitrogens with one attached hydrogen (secondary N) is 2. The topological polar surface area (TPSA) is 89.6 Å². The molecule has 10 heteroatoms. The van der Waals surface area contributed by atoms with Crippen LogP contribution in [0.15, 0.2) is 34.9 Å². The average molecular weight is 585 g/mol. The first-order chi connectivity index (χ1) is 18.4. The van der Waals surface area contributed by atoms with E-state index in [0.717, 1.165) is 77.4 Å². The maximum absolute atomic E-state index is 12.7. The van der Waals surface area contributed by atoms with E-state index in [4.69, 9.17) is 9.72 Å². The summed E-state index contributed by atoms with van der Waals surface area (Å²) in [5.74, 6) is 0.925. The number of H-pyrrole nitrogens is 1. The summed E-state index contributed by atoms with van der Waals surface area (Å²) in [5, 5.41) is 3.73. The minimum Gasteiger partial charge on any atom is -0.379 e. The average Bonchev–Trinajstić information content (AvgIpc) is 3.36. The number of aromatic amines is 1. The molecule has 5 rings (SSSR count). The molecule has 0 unspecified atom stereocenters. The highest BCUT2D eigenvalue weighted by atomic mass is 79.9. The van der Waals surface area contributed by atoms with Gasteiger partial charge < -0.3 is 29.7 Å². The lowest BCUT2D eigenvalue weighted by molar-refractivity contribution is -0.132. The fraction of sp³-hybridized carbons (Fsp3) is 0.536. The number of aromatic nitrogens is 3. The minimum atomic E-state index is 0.141. The zero-order valence-corrected chi connectivity index (χ0v) is 24.1. The van der Waals surface area contributed by atoms with Gasteiger partial charge in [-0.3, -0.25) is 4.79 Å². The van der Waals surface area contributed by atoms with Crippen molar-refractivity contribution >= 4 is 44.4 Å². The SMILES string of the molecule is CCN1CCC(Nc2c(Br)cnc3[nH]c(-c4ccc(N5CCN(CCOC(C)C)C(=O)C5)cc4)nc23)CC1. The summed E-state index contributed by atoms with van der Waals surface area (Å²) in [5.41, 5.74) is 4.64. The fourth-order valence-electron chi connectivity index (χ4n) is 5.20. The number of hydrogen-bond donors (Lipinski definition) is 2. The Morgan fingerprint density at radius 3 is 2.61 bits per heavy atom. The van der Waals surface area contributed by atoms with E-state index in [1.165, 1.54) is 0 Å². The maximum Gasteiger partial charge on any atom is 0.242 e. The molecule has 1 amide bonds. The lowest BCUT2D eigenvalue weighted by atomic mass is 10.0. The monoisotopic (exact) mass is 583 g/mol. The Morgan fingerprint density at radius 2 is 1.92 bits per heavy atom. The summed E-state index contributed by atoms with van der Waals surface area (Å²) in [6.45, 7) is 12.7. The highest BCUT2D eigenvalue weighted by Crippen LogP contribution is 2.33. The molecule has 38 heavy (non-hydrogen) atoms. The van der Waals surface area contributed by atoms with E-state index in [2.05, 4.69) is 72.2 Å². The molecule has 0 radical (unpaired) electrons. The lowest BCUT2D eigenvalue weighted by Gasteiger charge is -2.35. The minimum absolute atomic E-state index is 0.141. The van der Waals surface area contributed by atoms with E-state index in [9.17, 15) is 4.79 Å². The van der Waals surface area contributed by atoms with Crippen molar-refractivity contribution in [1.29, 1.82) is 0 Å². The number of fused-ring (bicyclic) bond motifs is 1. The first kappa shape index (κ1) is 26.9. The standard InChI is InChI=1S/C28H38BrN7O2/c1-4-34-11-9-21(10-12-34)31-25-23(29)17-30-28-26(25)32-27(33-28)20-5-7-22(8-6-20)36-14-13-35(24(37)18-36)15-16-38-19(2)3/h5-8,17,19,21H,4,9-16,18H2,1-3H3,(H2,30,31,32,33). The van der Waals surface area contributed by atoms with Gasteiger partial charge in [-0.25, -0.2) is 9.97 Å². The second-order valence-electron chi connectivity index (χ2n) is 10.4. The number of nitrogens with zero attached hydrogens (tertiary/aromatic N) is 5. The largest absolute Gasteiger partial charge is 0.379 e. The van der Waals surface area contributed by atoms with Crippen molar-refractivity contribution in [3.63, 3.8) is 0 Å². The number of rotatable bonds is 9. The number of piperazine rings is 1. The van der Waals surface area contributed by atoms with Crippen LogP contribution >= 0.6 is 15.9 Å². The molecule has 0 aliphatic carbocycles. The number of piperidine rings is 1. The number of pyridine rings is 1. The summed E-state index contributed by atoms with van der Waals surface area (Å²) in [6, 6.07) is 8.67. The van der Waals surface area contributed by atoms with Crippen molar-refractivity contribution < 1.29 is 9.53 Å². The number of benzene rings is 1. The van der Waals surface area contributed by atoms with Crippen LogP contribution in [0.4, 0.5) is 11.4 Å². The summed E-state index contributed by atoms with van der Waals surface area (Å²) >= 11 is 3.69. The van der Waals surface area contributed by atoms with Crippen LogP contribution in [-0.4, -0.2) is 95.2 Å². The van der Waals surface area contributed by atoms with Gasteiger partial charge in [-0.15, -0.1) is 0 Å². The fourth-order valence-corrected chi connectivity index (χ4v) is 5.60. The summed E-state index contributed by atoms with van der Waals surface area (Å²) in [7, 11) is 0. The van der Waals surface area contributed by atoms with Gasteiger partial charge in [-0.1, -0.05) is 6.92 Å². The van der Waals surface area contributed by atoms with Crippen LogP contribution in [0.25, 0.3) is 22.6 Å². The quantitative estimate of drug-likeness (QED) is 0.387. The molecule has 2 N–H and O–H groups in total. The van der Waals surface area contributed by atoms with Gasteiger partial charge in [-0.05, 0) is 73.4 Å². The third-order valence-electron chi connectivity index (χ3n) is 7.49. The molecule has 2 fully saturated rings. The number of hydrogen-bond acceptors (Lipinski definition) is 7. The molecule has 9 nitrogen and oxygen atoms in total. The highest BCUT2D eigenvalue weighted by Gasteiger charge is 2.24. The molecule has 2 aliphatic rings. The predicted octanol–water partition coefficient (Wildman–Crippen LogP) is 4.36. The van der Waals surface area contributed by atoms with Crippen LogP contribution in [0.5, 0.6) is 0 Å². The molecule has 0 spiro atoms. The van der Waals surface area contributed by atoms with E-state index < -0.39 is 0 Å². The van der Waals surface area contributed by atoms with E-state index >= 15 is 0 Å². The van der Waals surface area contributed by atoms with Crippen molar-refractivity contribution in [1.82, 2.24) is 24.8 Å². The molecule has 2 aromatic heterocycles. The highest BCUT2D eigenvalue weighted by molar-refractivity contribution is 9.10. The number of halogens is 1. The molecule has 1 aromatic carbocycles. The predicted molar refractivity (Wildman–Crippen MR) is 156 cm³/mol. The Kier molecular flexibility index (Phi) is 8.50. The van der Waals surface area contributed by atoms with Crippen molar-refractivity contribution in [2.75, 3.05) is 62.6 Å². The normalized spacial score (nSPS) is 17.7. The van der Waals surface area contributed by atoms with Crippen LogP contribution in [0.2, 0.25) is 0 Å². The third kappa shape index (κ3) is 6.13. The number of likely N-dealkylation sites (tertiary alicyclic amines) is 1. The van der Waals surface area contributed by atoms with E-state index in [1.54, 1.807) is 0 Å². The summed E-state index contributed by atoms with van der Waals surface area (Å²) in [4.78, 5) is 32.1. The van der Waals surface area contributed by atoms with Gasteiger partial charge in [0.15, 0.2) is 5.65 Å². The number of anilines is 2. The lowest BCUT2D eigenvalue weighted by Crippen LogP contribution is -2.51. The Morgan fingerprint density at radius 1 is 1.16 bits per heavy atom. The molecule has 0 bridgehead atoms. The van der Waals surface area contributed by atoms with Gasteiger partial charge in [0.2, 0.25) is 5.91 Å². The number of ether oxygens (including phenoxy) is 1. The second kappa shape index (κ2) is 12.0. The first-order valence-electron chi connectivity index (χ1n) is 13.7. The van der Waals surface area contributed by atoms with Gasteiger partial charge in [-0.2, -0.15) is 0 Å². The van der Waals surface area contributed by atoms with Gasteiger partial charge in [0.25, 0.3) is 0 Å². The van der Waals surface area contributed by atoms with E-state index in [0.29, 0.717) is 32.3 Å². The van der Waals surface area contributed by atoms with Gasteiger partial charge in [0.1, 0.15) is 11.3 Å². The van der Waals surface area contributed by atoms with E-state index in [1.807, 2.05) is 24.9 Å². The molecule has 204 valence electrons. The molecule has 0 atom stereocenters. The first-order valence-corrected chi connectivity index (χ1v) is 14.5. The Balaban J connectivity index is 1.26. The van der Waals surface area contributed by atoms with Crippen LogP contribution in [0, 0.1) is 0 Å². The Hall–Kier alpha value is -2.69. The summed E-state index contributed by atoms with van der Waals surface area (Å²) < 4.78 is 6.54. The number of carbonyl (C=O) groups excluding carboxylic acids is 1. The van der Waals surface area contributed by atoms with E-state index in [-0.39, 0.29) is 12.0 Å². The molecule has 2 saturated heterocycles. The van der Waals surface area contributed by atoms with Gasteiger partial charge in [0.05, 0.1) is 29.4 Å². The molecule has 4 heterocycles. The molecule has 2 aliphatic heterocycles. The zero-order valence-electron chi connectivity index (χ0n) is 22.5. The Bertz CT molecular complexity index is 1240. The zero-order chi connectivity index (χ0) is 26.6. The third-order valence-corrected chi connectivity index (χ3v) is 8.09. The maximum atomic E-state index is 12.7. The van der Waals surface area contributed by atoms with Crippen molar-refractivity contribution in [3.8, 4) is 11.4 Å². The number of imidazole rings is 1. The van der Waals surface area contributed by atoms with Gasteiger partial charge >= 0.3 is 0 Å². The Labute approximate surface area is 233 Å². The van der Waals surface area contributed by atoms with Crippen LogP contribution in [0.1, 0.15) is 33.6 Å². The van der Waals surface area contributed by atoms with Crippen molar-refractivity contribution in [2.45, 2.75) is 45.8 Å². The summed E-state index contributed by atoms with van der Waals surface area (Å²) in [6.07, 6.45) is 4.25. The van der Waals surface area contributed by atoms with Crippen LogP contribution < -0.4 is 10.2 Å². The van der Waals surface area contributed by atoms with Crippen molar-refractivity contribution in [2.24, 2.45) is 0 Å². The number of amides is 1. The smallest absolute Gasteiger partial charge is 0.242 e.